The Hall–Kier alpha value is -3.27. The minimum absolute atomic E-state index is 0.0417. The van der Waals surface area contributed by atoms with Gasteiger partial charge in [0, 0.05) is 37.4 Å². The molecule has 0 aliphatic carbocycles. The minimum atomic E-state index is -2.77. The van der Waals surface area contributed by atoms with Crippen LogP contribution in [-0.2, 0) is 9.47 Å². The van der Waals surface area contributed by atoms with Gasteiger partial charge in [-0.2, -0.15) is 8.78 Å². The van der Waals surface area contributed by atoms with Gasteiger partial charge in [0.2, 0.25) is 0 Å². The Kier molecular flexibility index (Phi) is 6.20. The van der Waals surface area contributed by atoms with E-state index < -0.39 is 18.2 Å². The summed E-state index contributed by atoms with van der Waals surface area (Å²) >= 11 is 0. The van der Waals surface area contributed by atoms with Crippen molar-refractivity contribution in [2.75, 3.05) is 27.0 Å². The lowest BCUT2D eigenvalue weighted by Crippen LogP contribution is -2.50. The number of fused-ring (bicyclic) bond motifs is 1. The number of rotatable bonds is 6. The van der Waals surface area contributed by atoms with E-state index in [-0.39, 0.29) is 18.2 Å². The van der Waals surface area contributed by atoms with Crippen LogP contribution >= 0.6 is 0 Å². The highest BCUT2D eigenvalue weighted by molar-refractivity contribution is 5.82. The zero-order valence-corrected chi connectivity index (χ0v) is 18.9. The van der Waals surface area contributed by atoms with E-state index in [9.17, 15) is 13.6 Å². The van der Waals surface area contributed by atoms with E-state index >= 15 is 0 Å². The number of carbonyl (C=O) groups excluding carboxylic acids is 1. The van der Waals surface area contributed by atoms with Crippen LogP contribution in [0, 0.1) is 0 Å². The van der Waals surface area contributed by atoms with Crippen molar-refractivity contribution in [1.29, 1.82) is 0 Å². The molecule has 2 aromatic heterocycles. The van der Waals surface area contributed by atoms with E-state index in [1.54, 1.807) is 57.2 Å². The van der Waals surface area contributed by atoms with Crippen molar-refractivity contribution in [1.82, 2.24) is 19.7 Å². The number of alkyl halides is 2. The van der Waals surface area contributed by atoms with Crippen LogP contribution in [0.4, 0.5) is 13.6 Å². The molecule has 1 saturated heterocycles. The van der Waals surface area contributed by atoms with E-state index in [0.717, 1.165) is 4.57 Å². The number of carbonyl (C=O) groups is 1. The summed E-state index contributed by atoms with van der Waals surface area (Å²) in [6.45, 7) is 3.21. The molecule has 1 aromatic carbocycles. The molecule has 1 aliphatic rings. The number of amides is 1. The molecule has 3 heterocycles. The summed E-state index contributed by atoms with van der Waals surface area (Å²) in [6, 6.07) is 10.3. The van der Waals surface area contributed by atoms with Crippen LogP contribution in [-0.4, -0.2) is 58.4 Å². The van der Waals surface area contributed by atoms with Gasteiger partial charge in [-0.25, -0.2) is 4.79 Å². The lowest BCUT2D eigenvalue weighted by Gasteiger charge is -2.40. The highest BCUT2D eigenvalue weighted by Gasteiger charge is 2.37. The van der Waals surface area contributed by atoms with Gasteiger partial charge in [0.1, 0.15) is 16.9 Å². The van der Waals surface area contributed by atoms with Crippen LogP contribution in [0.25, 0.3) is 22.3 Å². The molecule has 8 nitrogen and oxygen atoms in total. The van der Waals surface area contributed by atoms with E-state index in [0.29, 0.717) is 41.3 Å². The molecule has 3 aromatic rings. The number of aromatic nitrogens is 3. The second kappa shape index (κ2) is 8.93. The third kappa shape index (κ3) is 4.75. The molecule has 0 radical (unpaired) electrons. The Morgan fingerprint density at radius 1 is 1.18 bits per heavy atom. The van der Waals surface area contributed by atoms with E-state index in [1.807, 2.05) is 0 Å². The molecular formula is C23H26F2N4O4. The normalized spacial score (nSPS) is 14.6. The average Bonchev–Trinajstić information content (AvgIpc) is 3.08. The van der Waals surface area contributed by atoms with Gasteiger partial charge in [-0.1, -0.05) is 12.1 Å². The first-order valence-corrected chi connectivity index (χ1v) is 10.5. The monoisotopic (exact) mass is 460 g/mol. The van der Waals surface area contributed by atoms with Crippen LogP contribution in [0.2, 0.25) is 0 Å². The van der Waals surface area contributed by atoms with Gasteiger partial charge < -0.3 is 19.1 Å². The fourth-order valence-corrected chi connectivity index (χ4v) is 3.77. The fourth-order valence-electron chi connectivity index (χ4n) is 3.77. The van der Waals surface area contributed by atoms with Gasteiger partial charge in [0.25, 0.3) is 0 Å². The lowest BCUT2D eigenvalue weighted by atomic mass is 9.97. The molecule has 1 fully saturated rings. The van der Waals surface area contributed by atoms with E-state index in [1.165, 1.54) is 12.0 Å². The molecule has 0 unspecified atom stereocenters. The van der Waals surface area contributed by atoms with Gasteiger partial charge in [-0.15, -0.1) is 10.2 Å². The largest absolute Gasteiger partial charge is 0.467 e. The molecular weight excluding hydrogens is 434 g/mol. The second-order valence-electron chi connectivity index (χ2n) is 8.85. The maximum Gasteiger partial charge on any atom is 0.410 e. The molecule has 0 bridgehead atoms. The van der Waals surface area contributed by atoms with E-state index in [2.05, 4.69) is 10.2 Å². The second-order valence-corrected chi connectivity index (χ2v) is 8.85. The minimum Gasteiger partial charge on any atom is -0.467 e. The van der Waals surface area contributed by atoms with Crippen LogP contribution in [0.5, 0.6) is 5.75 Å². The number of hydrogen-bond donors (Lipinski definition) is 0. The third-order valence-corrected chi connectivity index (χ3v) is 5.27. The van der Waals surface area contributed by atoms with Crippen LogP contribution < -0.4 is 4.74 Å². The van der Waals surface area contributed by atoms with Gasteiger partial charge in [0.15, 0.2) is 6.79 Å². The lowest BCUT2D eigenvalue weighted by molar-refractivity contribution is 0.00601. The predicted molar refractivity (Wildman–Crippen MR) is 117 cm³/mol. The number of halogens is 2. The Morgan fingerprint density at radius 3 is 2.58 bits per heavy atom. The molecule has 33 heavy (non-hydrogen) atoms. The van der Waals surface area contributed by atoms with Crippen LogP contribution in [0.1, 0.15) is 38.9 Å². The zero-order chi connectivity index (χ0) is 23.8. The van der Waals surface area contributed by atoms with Crippen molar-refractivity contribution < 1.29 is 27.8 Å². The molecule has 1 aliphatic heterocycles. The number of nitrogens with zero attached hydrogens (tertiary/aromatic N) is 4. The first-order valence-electron chi connectivity index (χ1n) is 10.5. The maximum atomic E-state index is 14.1. The van der Waals surface area contributed by atoms with Gasteiger partial charge in [-0.05, 0) is 45.0 Å². The van der Waals surface area contributed by atoms with Crippen molar-refractivity contribution in [3.8, 4) is 17.0 Å². The number of hydrogen-bond acceptors (Lipinski definition) is 6. The Labute approximate surface area is 190 Å². The van der Waals surface area contributed by atoms with Gasteiger partial charge in [-0.3, -0.25) is 4.57 Å². The topological polar surface area (TPSA) is 78.7 Å². The Morgan fingerprint density at radius 2 is 1.91 bits per heavy atom. The third-order valence-electron chi connectivity index (χ3n) is 5.27. The Bertz CT molecular complexity index is 1150. The summed E-state index contributed by atoms with van der Waals surface area (Å²) in [5.74, 6) is 0.261. The van der Waals surface area contributed by atoms with Gasteiger partial charge >= 0.3 is 12.6 Å². The quantitative estimate of drug-likeness (QED) is 0.491. The number of ether oxygens (including phenoxy) is 3. The SMILES string of the molecule is COCOc1ccccc1-c1cc2c(cc(C3CN(C(=O)OC(C)(C)C)C3)n2C(F)F)nn1. The summed E-state index contributed by atoms with van der Waals surface area (Å²) in [5.41, 5.74) is 1.45. The molecule has 0 N–H and O–H groups in total. The first-order chi connectivity index (χ1) is 15.7. The number of para-hydroxylation sites is 1. The highest BCUT2D eigenvalue weighted by atomic mass is 19.3. The zero-order valence-electron chi connectivity index (χ0n) is 18.9. The van der Waals surface area contributed by atoms with Crippen molar-refractivity contribution in [2.45, 2.75) is 38.8 Å². The van der Waals surface area contributed by atoms with Crippen LogP contribution in [0.15, 0.2) is 36.4 Å². The molecule has 176 valence electrons. The summed E-state index contributed by atoms with van der Waals surface area (Å²) in [6.07, 6.45) is -0.451. The van der Waals surface area contributed by atoms with Crippen molar-refractivity contribution >= 4 is 17.1 Å². The highest BCUT2D eigenvalue weighted by Crippen LogP contribution is 2.37. The van der Waals surface area contributed by atoms with Gasteiger partial charge in [0.05, 0.1) is 11.2 Å². The van der Waals surface area contributed by atoms with Crippen molar-refractivity contribution in [3.63, 3.8) is 0 Å². The number of likely N-dealkylation sites (tertiary alicyclic amines) is 1. The summed E-state index contributed by atoms with van der Waals surface area (Å²) in [5, 5.41) is 8.42. The summed E-state index contributed by atoms with van der Waals surface area (Å²) in [7, 11) is 1.51. The summed E-state index contributed by atoms with van der Waals surface area (Å²) in [4.78, 5) is 13.7. The molecule has 0 spiro atoms. The summed E-state index contributed by atoms with van der Waals surface area (Å²) < 4.78 is 45.1. The molecule has 0 saturated carbocycles. The van der Waals surface area contributed by atoms with Crippen LogP contribution in [0.3, 0.4) is 0 Å². The molecule has 0 atom stereocenters. The predicted octanol–water partition coefficient (Wildman–Crippen LogP) is 4.81. The fraction of sp³-hybridized carbons (Fsp3) is 0.435. The first kappa shape index (κ1) is 22.9. The molecule has 10 heteroatoms. The standard InChI is InChI=1S/C23H26F2N4O4/c1-23(2,3)33-22(30)28-11-14(12-28)18-10-17-19(29(18)21(24)25)9-16(26-27-17)15-7-5-6-8-20(15)32-13-31-4/h5-10,14,21H,11-13H2,1-4H3. The smallest absolute Gasteiger partial charge is 0.410 e. The van der Waals surface area contributed by atoms with Crippen molar-refractivity contribution in [3.05, 3.63) is 42.1 Å². The Balaban J connectivity index is 1.64. The number of methoxy groups -OCH3 is 1. The number of benzene rings is 1. The maximum absolute atomic E-state index is 14.1. The average molecular weight is 460 g/mol. The van der Waals surface area contributed by atoms with Crippen molar-refractivity contribution in [2.24, 2.45) is 0 Å². The van der Waals surface area contributed by atoms with E-state index in [4.69, 9.17) is 14.2 Å². The molecule has 4 rings (SSSR count). The molecule has 1 amide bonds.